The molecule has 180 valence electrons. The number of hydrogen-bond acceptors (Lipinski definition) is 4. The van der Waals surface area contributed by atoms with Gasteiger partial charge in [0.25, 0.3) is 17.2 Å². The number of amides is 2. The summed E-state index contributed by atoms with van der Waals surface area (Å²) in [6, 6.07) is 10.7. The van der Waals surface area contributed by atoms with Crippen molar-refractivity contribution in [3.63, 3.8) is 0 Å². The Kier molecular flexibility index (Phi) is 6.17. The highest BCUT2D eigenvalue weighted by Crippen LogP contribution is 2.31. The Morgan fingerprint density at radius 2 is 1.91 bits per heavy atom. The fourth-order valence-electron chi connectivity index (χ4n) is 4.67. The van der Waals surface area contributed by atoms with E-state index in [9.17, 15) is 14.4 Å². The minimum Gasteiger partial charge on any atom is -0.376 e. The third-order valence-corrected chi connectivity index (χ3v) is 6.74. The van der Waals surface area contributed by atoms with Gasteiger partial charge in [0.1, 0.15) is 5.57 Å². The Bertz CT molecular complexity index is 1400. The third-order valence-electron chi connectivity index (χ3n) is 6.51. The first kappa shape index (κ1) is 23.3. The van der Waals surface area contributed by atoms with Gasteiger partial charge in [-0.05, 0) is 49.9 Å². The maximum absolute atomic E-state index is 13.7. The monoisotopic (exact) mass is 493 g/mol. The second-order valence-corrected chi connectivity index (χ2v) is 9.22. The lowest BCUT2D eigenvalue weighted by atomic mass is 10.1. The molecule has 35 heavy (non-hydrogen) atoms. The SMILES string of the molecule is CCc1cc[n+](C2=C(c3c(C)[nH]n(-c4cccc(Cl)c4)c3=O)C(=O)N(CC3CCCO3)C2=O)cc1. The zero-order valence-corrected chi connectivity index (χ0v) is 20.3. The number of nitrogens with zero attached hydrogens (tertiary/aromatic N) is 3. The van der Waals surface area contributed by atoms with Crippen LogP contribution in [-0.2, 0) is 20.7 Å². The van der Waals surface area contributed by atoms with Crippen LogP contribution in [0.1, 0.15) is 36.6 Å². The molecular formula is C26H26ClN4O4+. The van der Waals surface area contributed by atoms with Crippen molar-refractivity contribution in [3.8, 4) is 5.69 Å². The number of carbonyl (C=O) groups is 2. The van der Waals surface area contributed by atoms with Gasteiger partial charge in [-0.1, -0.05) is 24.6 Å². The number of aryl methyl sites for hydroxylation is 2. The zero-order valence-electron chi connectivity index (χ0n) is 19.6. The van der Waals surface area contributed by atoms with Crippen molar-refractivity contribution in [1.29, 1.82) is 0 Å². The van der Waals surface area contributed by atoms with Crippen LogP contribution < -0.4 is 10.1 Å². The molecule has 2 amide bonds. The van der Waals surface area contributed by atoms with E-state index in [0.717, 1.165) is 24.8 Å². The van der Waals surface area contributed by atoms with Crippen molar-refractivity contribution >= 4 is 34.7 Å². The van der Waals surface area contributed by atoms with E-state index >= 15 is 0 Å². The minimum atomic E-state index is -0.495. The third kappa shape index (κ3) is 4.13. The fraction of sp³-hybridized carbons (Fsp3) is 0.308. The van der Waals surface area contributed by atoms with Crippen LogP contribution >= 0.6 is 11.6 Å². The maximum Gasteiger partial charge on any atom is 0.327 e. The number of rotatable bonds is 6. The molecule has 8 nitrogen and oxygen atoms in total. The second-order valence-electron chi connectivity index (χ2n) is 8.78. The highest BCUT2D eigenvalue weighted by molar-refractivity contribution is 6.44. The number of aromatic nitrogens is 3. The summed E-state index contributed by atoms with van der Waals surface area (Å²) < 4.78 is 8.65. The summed E-state index contributed by atoms with van der Waals surface area (Å²) in [5.41, 5.74) is 2.09. The van der Waals surface area contributed by atoms with Crippen LogP contribution in [0.3, 0.4) is 0 Å². The molecule has 0 spiro atoms. The molecule has 5 rings (SSSR count). The van der Waals surface area contributed by atoms with Crippen molar-refractivity contribution in [2.45, 2.75) is 39.2 Å². The summed E-state index contributed by atoms with van der Waals surface area (Å²) in [4.78, 5) is 42.1. The van der Waals surface area contributed by atoms with Crippen LogP contribution in [0.5, 0.6) is 0 Å². The Morgan fingerprint density at radius 3 is 2.57 bits per heavy atom. The molecule has 1 fully saturated rings. The molecule has 1 atom stereocenters. The number of imide groups is 1. The topological polar surface area (TPSA) is 88.3 Å². The first-order valence-electron chi connectivity index (χ1n) is 11.7. The number of benzene rings is 1. The number of ether oxygens (including phenoxy) is 1. The summed E-state index contributed by atoms with van der Waals surface area (Å²) in [6.45, 7) is 4.53. The number of carbonyl (C=O) groups excluding carboxylic acids is 2. The highest BCUT2D eigenvalue weighted by atomic mass is 35.5. The molecule has 3 aromatic rings. The molecule has 1 N–H and O–H groups in total. The number of H-pyrrole nitrogens is 1. The van der Waals surface area contributed by atoms with E-state index in [1.165, 1.54) is 9.58 Å². The normalized spacial score (nSPS) is 18.3. The smallest absolute Gasteiger partial charge is 0.327 e. The number of halogens is 1. The van der Waals surface area contributed by atoms with Crippen molar-refractivity contribution in [1.82, 2.24) is 14.7 Å². The van der Waals surface area contributed by atoms with Gasteiger partial charge < -0.3 is 4.74 Å². The van der Waals surface area contributed by atoms with E-state index in [0.29, 0.717) is 23.0 Å². The van der Waals surface area contributed by atoms with Gasteiger partial charge in [0.05, 0.1) is 23.9 Å². The lowest BCUT2D eigenvalue weighted by Crippen LogP contribution is -2.42. The molecule has 0 aliphatic carbocycles. The van der Waals surface area contributed by atoms with Crippen molar-refractivity contribution in [3.05, 3.63) is 81.0 Å². The Balaban J connectivity index is 1.67. The first-order valence-corrected chi connectivity index (χ1v) is 12.1. The molecule has 2 aromatic heterocycles. The van der Waals surface area contributed by atoms with Gasteiger partial charge in [0, 0.05) is 29.5 Å². The van der Waals surface area contributed by atoms with Gasteiger partial charge in [-0.25, -0.2) is 4.68 Å². The van der Waals surface area contributed by atoms with Crippen LogP contribution in [-0.4, -0.2) is 45.8 Å². The average molecular weight is 494 g/mol. The van der Waals surface area contributed by atoms with E-state index in [4.69, 9.17) is 16.3 Å². The molecule has 0 radical (unpaired) electrons. The van der Waals surface area contributed by atoms with Gasteiger partial charge >= 0.3 is 5.91 Å². The highest BCUT2D eigenvalue weighted by Gasteiger charge is 2.48. The maximum atomic E-state index is 13.7. The largest absolute Gasteiger partial charge is 0.376 e. The molecular weight excluding hydrogens is 468 g/mol. The predicted octanol–water partition coefficient (Wildman–Crippen LogP) is 2.89. The summed E-state index contributed by atoms with van der Waals surface area (Å²) in [7, 11) is 0. The van der Waals surface area contributed by atoms with E-state index in [1.807, 2.05) is 19.1 Å². The summed E-state index contributed by atoms with van der Waals surface area (Å²) in [6.07, 6.45) is 5.82. The summed E-state index contributed by atoms with van der Waals surface area (Å²) >= 11 is 6.13. The van der Waals surface area contributed by atoms with Gasteiger partial charge in [-0.15, -0.1) is 0 Å². The number of nitrogens with one attached hydrogen (secondary N) is 1. The second kappa shape index (κ2) is 9.28. The molecule has 2 aliphatic heterocycles. The van der Waals surface area contributed by atoms with Gasteiger partial charge in [-0.2, -0.15) is 4.57 Å². The van der Waals surface area contributed by atoms with Crippen LogP contribution in [0.25, 0.3) is 17.0 Å². The standard InChI is InChI=1S/C26H25ClN4O4/c1-3-17-9-11-29(12-10-17)23-22(24(32)30(26(23)34)15-20-8-5-13-35-20)21-16(2)28-31(25(21)33)19-7-4-6-18(27)14-19/h4,6-7,9-12,14,20H,3,5,8,13,15H2,1-2H3/p+1. The van der Waals surface area contributed by atoms with E-state index in [-0.39, 0.29) is 29.5 Å². The van der Waals surface area contributed by atoms with Gasteiger partial charge in [0.15, 0.2) is 12.4 Å². The van der Waals surface area contributed by atoms with Crippen molar-refractivity contribution < 1.29 is 18.9 Å². The predicted molar refractivity (Wildman–Crippen MR) is 131 cm³/mol. The molecule has 1 unspecified atom stereocenters. The van der Waals surface area contributed by atoms with E-state index in [2.05, 4.69) is 5.10 Å². The Hall–Kier alpha value is -3.49. The molecule has 4 heterocycles. The van der Waals surface area contributed by atoms with E-state index < -0.39 is 17.4 Å². The number of hydrogen-bond donors (Lipinski definition) is 1. The fourth-order valence-corrected chi connectivity index (χ4v) is 4.85. The average Bonchev–Trinajstić information content (AvgIpc) is 3.53. The summed E-state index contributed by atoms with van der Waals surface area (Å²) in [5.74, 6) is -0.936. The van der Waals surface area contributed by atoms with Crippen molar-refractivity contribution in [2.24, 2.45) is 0 Å². The lowest BCUT2D eigenvalue weighted by molar-refractivity contribution is -0.577. The van der Waals surface area contributed by atoms with Crippen LogP contribution in [0, 0.1) is 6.92 Å². The molecule has 9 heteroatoms. The summed E-state index contributed by atoms with van der Waals surface area (Å²) in [5, 5.41) is 3.52. The molecule has 2 aliphatic rings. The van der Waals surface area contributed by atoms with Crippen LogP contribution in [0.15, 0.2) is 53.6 Å². The van der Waals surface area contributed by atoms with E-state index in [1.54, 1.807) is 48.1 Å². The van der Waals surface area contributed by atoms with Crippen molar-refractivity contribution in [2.75, 3.05) is 13.2 Å². The lowest BCUT2D eigenvalue weighted by Gasteiger charge is -2.18. The van der Waals surface area contributed by atoms with Gasteiger partial charge in [0.2, 0.25) is 0 Å². The Morgan fingerprint density at radius 1 is 1.14 bits per heavy atom. The number of pyridine rings is 1. The molecule has 1 saturated heterocycles. The van der Waals surface area contributed by atoms with Crippen LogP contribution in [0.4, 0.5) is 0 Å². The van der Waals surface area contributed by atoms with Crippen LogP contribution in [0.2, 0.25) is 5.02 Å². The number of aromatic amines is 1. The minimum absolute atomic E-state index is 0.0850. The quantitative estimate of drug-likeness (QED) is 0.422. The molecule has 1 aromatic carbocycles. The molecule has 0 bridgehead atoms. The van der Waals surface area contributed by atoms with Gasteiger partial charge in [-0.3, -0.25) is 24.4 Å². The Labute approximate surface area is 207 Å². The zero-order chi connectivity index (χ0) is 24.7. The first-order chi connectivity index (χ1) is 16.9. The molecule has 0 saturated carbocycles.